The third-order valence-electron chi connectivity index (χ3n) is 4.66. The molecule has 4 heteroatoms. The fraction of sp³-hybridized carbons (Fsp3) is 0.400. The molecule has 1 amide bonds. The zero-order valence-corrected chi connectivity index (χ0v) is 14.1. The van der Waals surface area contributed by atoms with Gasteiger partial charge in [0.25, 0.3) is 0 Å². The Morgan fingerprint density at radius 1 is 1.17 bits per heavy atom. The van der Waals surface area contributed by atoms with E-state index < -0.39 is 0 Å². The largest absolute Gasteiger partial charge is 0.373 e. The molecule has 0 unspecified atom stereocenters. The van der Waals surface area contributed by atoms with E-state index in [-0.39, 0.29) is 12.0 Å². The molecule has 2 heterocycles. The number of amides is 1. The number of aromatic nitrogens is 1. The summed E-state index contributed by atoms with van der Waals surface area (Å²) >= 11 is 0. The van der Waals surface area contributed by atoms with Crippen LogP contribution in [0.1, 0.15) is 24.5 Å². The van der Waals surface area contributed by atoms with Crippen LogP contribution in [0.3, 0.4) is 0 Å². The lowest BCUT2D eigenvalue weighted by atomic mass is 9.88. The molecule has 1 saturated heterocycles. The van der Waals surface area contributed by atoms with Gasteiger partial charge >= 0.3 is 0 Å². The van der Waals surface area contributed by atoms with Gasteiger partial charge in [-0.2, -0.15) is 0 Å². The summed E-state index contributed by atoms with van der Waals surface area (Å²) in [6.45, 7) is 3.79. The number of carbonyl (C=O) groups is 1. The van der Waals surface area contributed by atoms with E-state index in [4.69, 9.17) is 4.74 Å². The molecule has 2 atom stereocenters. The van der Waals surface area contributed by atoms with E-state index in [1.165, 1.54) is 5.56 Å². The fourth-order valence-electron chi connectivity index (χ4n) is 3.31. The topological polar surface area (TPSA) is 42.4 Å². The normalized spacial score (nSPS) is 20.8. The fourth-order valence-corrected chi connectivity index (χ4v) is 3.31. The van der Waals surface area contributed by atoms with Crippen molar-refractivity contribution in [2.75, 3.05) is 13.1 Å². The third-order valence-corrected chi connectivity index (χ3v) is 4.66. The Morgan fingerprint density at radius 3 is 2.62 bits per heavy atom. The number of likely N-dealkylation sites (tertiary alicyclic amines) is 1. The lowest BCUT2D eigenvalue weighted by molar-refractivity contribution is -0.134. The van der Waals surface area contributed by atoms with Gasteiger partial charge in [0.1, 0.15) is 0 Å². The van der Waals surface area contributed by atoms with Gasteiger partial charge in [0, 0.05) is 38.3 Å². The summed E-state index contributed by atoms with van der Waals surface area (Å²) < 4.78 is 6.22. The first kappa shape index (κ1) is 16.7. The highest BCUT2D eigenvalue weighted by Gasteiger charge is 2.31. The first-order valence-electron chi connectivity index (χ1n) is 8.52. The van der Waals surface area contributed by atoms with Gasteiger partial charge in [-0.1, -0.05) is 30.3 Å². The molecular formula is C20H24N2O2. The second-order valence-electron chi connectivity index (χ2n) is 6.41. The van der Waals surface area contributed by atoms with Crippen LogP contribution in [0.25, 0.3) is 0 Å². The first-order valence-corrected chi connectivity index (χ1v) is 8.52. The van der Waals surface area contributed by atoms with Gasteiger partial charge in [0.2, 0.25) is 5.91 Å². The number of carbonyl (C=O) groups excluding carboxylic acids is 1. The van der Waals surface area contributed by atoms with Crippen molar-refractivity contribution in [1.29, 1.82) is 0 Å². The molecule has 0 spiro atoms. The predicted octanol–water partition coefficient (Wildman–Crippen LogP) is 3.08. The molecule has 1 aromatic heterocycles. The average molecular weight is 324 g/mol. The van der Waals surface area contributed by atoms with Gasteiger partial charge in [-0.25, -0.2) is 0 Å². The van der Waals surface area contributed by atoms with Crippen molar-refractivity contribution >= 4 is 5.91 Å². The monoisotopic (exact) mass is 324 g/mol. The Kier molecular flexibility index (Phi) is 5.59. The Bertz CT molecular complexity index is 645. The highest BCUT2D eigenvalue weighted by Crippen LogP contribution is 2.25. The molecule has 24 heavy (non-hydrogen) atoms. The zero-order valence-electron chi connectivity index (χ0n) is 14.1. The number of hydrogen-bond donors (Lipinski definition) is 0. The summed E-state index contributed by atoms with van der Waals surface area (Å²) in [7, 11) is 0. The minimum Gasteiger partial charge on any atom is -0.373 e. The standard InChI is InChI=1S/C20H24N2O2/c1-16(23)22-12-9-20(24-15-18-7-10-21-11-8-18)19(14-22)13-17-5-3-2-4-6-17/h2-8,10-11,19-20H,9,12-15H2,1H3/t19-,20+/m1/s1. The average Bonchev–Trinajstić information content (AvgIpc) is 2.62. The number of pyridine rings is 1. The van der Waals surface area contributed by atoms with Gasteiger partial charge in [-0.05, 0) is 36.1 Å². The van der Waals surface area contributed by atoms with Crippen molar-refractivity contribution < 1.29 is 9.53 Å². The van der Waals surface area contributed by atoms with E-state index in [0.29, 0.717) is 12.5 Å². The quantitative estimate of drug-likeness (QED) is 0.849. The van der Waals surface area contributed by atoms with Crippen molar-refractivity contribution in [2.24, 2.45) is 5.92 Å². The zero-order chi connectivity index (χ0) is 16.8. The Labute approximate surface area is 143 Å². The minimum atomic E-state index is 0.153. The summed E-state index contributed by atoms with van der Waals surface area (Å²) in [5, 5.41) is 0. The number of ether oxygens (including phenoxy) is 1. The van der Waals surface area contributed by atoms with Gasteiger partial charge in [-0.15, -0.1) is 0 Å². The first-order chi connectivity index (χ1) is 11.7. The molecule has 0 radical (unpaired) electrons. The molecular weight excluding hydrogens is 300 g/mol. The summed E-state index contributed by atoms with van der Waals surface area (Å²) in [4.78, 5) is 17.7. The SMILES string of the molecule is CC(=O)N1CC[C@H](OCc2ccncc2)[C@H](Cc2ccccc2)C1. The molecule has 0 aliphatic carbocycles. The second kappa shape index (κ2) is 8.06. The van der Waals surface area contributed by atoms with Crippen molar-refractivity contribution in [2.45, 2.75) is 32.5 Å². The molecule has 3 rings (SSSR count). The third kappa shape index (κ3) is 4.42. The Hall–Kier alpha value is -2.20. The molecule has 1 fully saturated rings. The lowest BCUT2D eigenvalue weighted by Gasteiger charge is -2.38. The van der Waals surface area contributed by atoms with E-state index in [1.54, 1.807) is 19.3 Å². The molecule has 4 nitrogen and oxygen atoms in total. The summed E-state index contributed by atoms with van der Waals surface area (Å²) in [6, 6.07) is 14.4. The van der Waals surface area contributed by atoms with Crippen LogP contribution in [0.5, 0.6) is 0 Å². The van der Waals surface area contributed by atoms with Crippen molar-refractivity contribution in [3.8, 4) is 0 Å². The highest BCUT2D eigenvalue weighted by atomic mass is 16.5. The smallest absolute Gasteiger partial charge is 0.219 e. The predicted molar refractivity (Wildman–Crippen MR) is 93.3 cm³/mol. The van der Waals surface area contributed by atoms with Crippen LogP contribution in [0.15, 0.2) is 54.9 Å². The molecule has 2 aromatic rings. The van der Waals surface area contributed by atoms with Gasteiger partial charge in [-0.3, -0.25) is 9.78 Å². The molecule has 0 saturated carbocycles. The molecule has 1 aliphatic rings. The van der Waals surface area contributed by atoms with Crippen molar-refractivity contribution in [1.82, 2.24) is 9.88 Å². The van der Waals surface area contributed by atoms with Gasteiger partial charge in [0.05, 0.1) is 12.7 Å². The molecule has 1 aliphatic heterocycles. The maximum Gasteiger partial charge on any atom is 0.219 e. The van der Waals surface area contributed by atoms with Crippen LogP contribution in [-0.4, -0.2) is 35.0 Å². The van der Waals surface area contributed by atoms with Crippen molar-refractivity contribution in [3.63, 3.8) is 0 Å². The second-order valence-corrected chi connectivity index (χ2v) is 6.41. The van der Waals surface area contributed by atoms with Crippen LogP contribution in [0.2, 0.25) is 0 Å². The maximum atomic E-state index is 11.8. The summed E-state index contributed by atoms with van der Waals surface area (Å²) in [5.74, 6) is 0.479. The number of piperidine rings is 1. The highest BCUT2D eigenvalue weighted by molar-refractivity contribution is 5.73. The van der Waals surface area contributed by atoms with Crippen LogP contribution in [-0.2, 0) is 22.6 Å². The summed E-state index contributed by atoms with van der Waals surface area (Å²) in [5.41, 5.74) is 2.43. The van der Waals surface area contributed by atoms with Crippen LogP contribution >= 0.6 is 0 Å². The molecule has 0 bridgehead atoms. The lowest BCUT2D eigenvalue weighted by Crippen LogP contribution is -2.46. The van der Waals surface area contributed by atoms with E-state index >= 15 is 0 Å². The molecule has 0 N–H and O–H groups in total. The number of nitrogens with zero attached hydrogens (tertiary/aromatic N) is 2. The minimum absolute atomic E-state index is 0.153. The van der Waals surface area contributed by atoms with Gasteiger partial charge in [0.15, 0.2) is 0 Å². The molecule has 126 valence electrons. The maximum absolute atomic E-state index is 11.8. The van der Waals surface area contributed by atoms with Crippen LogP contribution < -0.4 is 0 Å². The Morgan fingerprint density at radius 2 is 1.92 bits per heavy atom. The number of hydrogen-bond acceptors (Lipinski definition) is 3. The number of rotatable bonds is 5. The Balaban J connectivity index is 1.66. The van der Waals surface area contributed by atoms with Crippen LogP contribution in [0, 0.1) is 5.92 Å². The summed E-state index contributed by atoms with van der Waals surface area (Å²) in [6.07, 6.45) is 5.58. The van der Waals surface area contributed by atoms with E-state index in [0.717, 1.165) is 31.5 Å². The van der Waals surface area contributed by atoms with E-state index in [1.807, 2.05) is 23.1 Å². The van der Waals surface area contributed by atoms with E-state index in [9.17, 15) is 4.79 Å². The van der Waals surface area contributed by atoms with E-state index in [2.05, 4.69) is 29.2 Å². The van der Waals surface area contributed by atoms with Crippen LogP contribution in [0.4, 0.5) is 0 Å². The molecule has 1 aromatic carbocycles. The number of benzene rings is 1. The van der Waals surface area contributed by atoms with Gasteiger partial charge < -0.3 is 9.64 Å². The van der Waals surface area contributed by atoms with Crippen molar-refractivity contribution in [3.05, 3.63) is 66.0 Å².